The van der Waals surface area contributed by atoms with Gasteiger partial charge in [-0.3, -0.25) is 4.79 Å². The van der Waals surface area contributed by atoms with Crippen molar-refractivity contribution < 1.29 is 18.8 Å². The molecule has 0 atom stereocenters. The second kappa shape index (κ2) is 10.1. The van der Waals surface area contributed by atoms with Crippen molar-refractivity contribution in [1.29, 1.82) is 0 Å². The molecule has 0 fully saturated rings. The summed E-state index contributed by atoms with van der Waals surface area (Å²) in [6.07, 6.45) is 0. The number of halogens is 2. The standard InChI is InChI=1S/C20H24ClFN2O2/c1-3-24(4-2)13-16-8-6-5-7-15(16)12-23-20(25)14-26-19-10-9-17(22)11-18(19)21/h5-11H,3-4,12-14H2,1-2H3,(H,23,25)/p+1. The van der Waals surface area contributed by atoms with E-state index in [1.807, 2.05) is 18.2 Å². The molecule has 0 aliphatic heterocycles. The van der Waals surface area contributed by atoms with Crippen LogP contribution in [0.25, 0.3) is 0 Å². The van der Waals surface area contributed by atoms with Gasteiger partial charge >= 0.3 is 0 Å². The maximum Gasteiger partial charge on any atom is 0.258 e. The molecule has 1 amide bonds. The Morgan fingerprint density at radius 2 is 1.85 bits per heavy atom. The summed E-state index contributed by atoms with van der Waals surface area (Å²) in [5.41, 5.74) is 2.33. The summed E-state index contributed by atoms with van der Waals surface area (Å²) in [7, 11) is 0. The molecule has 0 aliphatic carbocycles. The van der Waals surface area contributed by atoms with Crippen molar-refractivity contribution in [2.24, 2.45) is 0 Å². The van der Waals surface area contributed by atoms with Gasteiger partial charge in [0.15, 0.2) is 6.61 Å². The van der Waals surface area contributed by atoms with Gasteiger partial charge in [-0.05, 0) is 37.6 Å². The van der Waals surface area contributed by atoms with Crippen molar-refractivity contribution in [2.75, 3.05) is 19.7 Å². The van der Waals surface area contributed by atoms with E-state index in [1.165, 1.54) is 22.6 Å². The van der Waals surface area contributed by atoms with Gasteiger partial charge in [-0.2, -0.15) is 0 Å². The predicted molar refractivity (Wildman–Crippen MR) is 101 cm³/mol. The molecule has 0 saturated heterocycles. The third kappa shape index (κ3) is 6.00. The zero-order valence-electron chi connectivity index (χ0n) is 15.1. The molecule has 140 valence electrons. The van der Waals surface area contributed by atoms with E-state index >= 15 is 0 Å². The van der Waals surface area contributed by atoms with Crippen molar-refractivity contribution in [1.82, 2.24) is 5.32 Å². The number of benzene rings is 2. The molecule has 0 aromatic heterocycles. The maximum atomic E-state index is 13.0. The largest absolute Gasteiger partial charge is 0.482 e. The smallest absolute Gasteiger partial charge is 0.258 e. The monoisotopic (exact) mass is 379 g/mol. The average molecular weight is 380 g/mol. The minimum Gasteiger partial charge on any atom is -0.482 e. The molecule has 4 nitrogen and oxygen atoms in total. The van der Waals surface area contributed by atoms with Gasteiger partial charge in [0.2, 0.25) is 0 Å². The van der Waals surface area contributed by atoms with Crippen LogP contribution in [-0.4, -0.2) is 25.6 Å². The van der Waals surface area contributed by atoms with Gasteiger partial charge in [0.1, 0.15) is 18.1 Å². The quantitative estimate of drug-likeness (QED) is 0.703. The van der Waals surface area contributed by atoms with Crippen LogP contribution in [0.4, 0.5) is 4.39 Å². The Hall–Kier alpha value is -2.11. The summed E-state index contributed by atoms with van der Waals surface area (Å²) in [4.78, 5) is 13.5. The molecule has 2 aromatic carbocycles. The summed E-state index contributed by atoms with van der Waals surface area (Å²) in [6, 6.07) is 11.9. The van der Waals surface area contributed by atoms with E-state index in [-0.39, 0.29) is 23.3 Å². The first-order valence-electron chi connectivity index (χ1n) is 8.78. The molecule has 0 radical (unpaired) electrons. The lowest BCUT2D eigenvalue weighted by atomic mass is 10.1. The van der Waals surface area contributed by atoms with Crippen LogP contribution in [0.1, 0.15) is 25.0 Å². The molecule has 0 aliphatic rings. The second-order valence-corrected chi connectivity index (χ2v) is 6.45. The molecule has 26 heavy (non-hydrogen) atoms. The van der Waals surface area contributed by atoms with E-state index in [4.69, 9.17) is 16.3 Å². The van der Waals surface area contributed by atoms with Crippen molar-refractivity contribution in [3.8, 4) is 5.75 Å². The molecular weight excluding hydrogens is 355 g/mol. The molecule has 0 saturated carbocycles. The topological polar surface area (TPSA) is 42.8 Å². The molecular formula is C20H25ClFN2O2+. The Morgan fingerprint density at radius 3 is 2.50 bits per heavy atom. The first kappa shape index (κ1) is 20.2. The Labute approximate surface area is 158 Å². The minimum absolute atomic E-state index is 0.144. The molecule has 2 rings (SSSR count). The lowest BCUT2D eigenvalue weighted by molar-refractivity contribution is -0.910. The highest BCUT2D eigenvalue weighted by Crippen LogP contribution is 2.24. The van der Waals surface area contributed by atoms with Crippen LogP contribution in [0, 0.1) is 5.82 Å². The van der Waals surface area contributed by atoms with Gasteiger partial charge < -0.3 is 15.0 Å². The van der Waals surface area contributed by atoms with Crippen LogP contribution in [0.5, 0.6) is 5.75 Å². The fourth-order valence-electron chi connectivity index (χ4n) is 2.65. The van der Waals surface area contributed by atoms with Gasteiger partial charge in [0, 0.05) is 12.1 Å². The Kier molecular flexibility index (Phi) is 7.88. The number of hydrogen-bond donors (Lipinski definition) is 2. The number of hydrogen-bond acceptors (Lipinski definition) is 2. The van der Waals surface area contributed by atoms with Crippen LogP contribution in [0.15, 0.2) is 42.5 Å². The lowest BCUT2D eigenvalue weighted by Gasteiger charge is -2.18. The number of carbonyl (C=O) groups excluding carboxylic acids is 1. The average Bonchev–Trinajstić information content (AvgIpc) is 2.64. The fraction of sp³-hybridized carbons (Fsp3) is 0.350. The Balaban J connectivity index is 1.89. The zero-order chi connectivity index (χ0) is 18.9. The van der Waals surface area contributed by atoms with Gasteiger partial charge in [-0.1, -0.05) is 35.9 Å². The first-order valence-corrected chi connectivity index (χ1v) is 9.16. The molecule has 0 heterocycles. The molecule has 2 N–H and O–H groups in total. The van der Waals surface area contributed by atoms with Crippen LogP contribution in [0.2, 0.25) is 5.02 Å². The lowest BCUT2D eigenvalue weighted by Crippen LogP contribution is -3.10. The maximum absolute atomic E-state index is 13.0. The van der Waals surface area contributed by atoms with Gasteiger partial charge in [-0.25, -0.2) is 4.39 Å². The van der Waals surface area contributed by atoms with Crippen LogP contribution >= 0.6 is 11.6 Å². The van der Waals surface area contributed by atoms with Gasteiger partial charge in [-0.15, -0.1) is 0 Å². The predicted octanol–water partition coefficient (Wildman–Crippen LogP) is 2.60. The van der Waals surface area contributed by atoms with Crippen molar-refractivity contribution in [3.05, 3.63) is 64.4 Å². The SMILES string of the molecule is CC[NH+](CC)Cc1ccccc1CNC(=O)COc1ccc(F)cc1Cl. The van der Waals surface area contributed by atoms with E-state index in [9.17, 15) is 9.18 Å². The highest BCUT2D eigenvalue weighted by atomic mass is 35.5. The number of carbonyl (C=O) groups is 1. The Morgan fingerprint density at radius 1 is 1.15 bits per heavy atom. The van der Waals surface area contributed by atoms with Gasteiger partial charge in [0.05, 0.1) is 18.1 Å². The van der Waals surface area contributed by atoms with E-state index in [0.29, 0.717) is 6.54 Å². The van der Waals surface area contributed by atoms with E-state index in [1.54, 1.807) is 0 Å². The molecule has 0 bridgehead atoms. The normalized spacial score (nSPS) is 10.8. The van der Waals surface area contributed by atoms with Crippen LogP contribution < -0.4 is 15.0 Å². The summed E-state index contributed by atoms with van der Waals surface area (Å²) in [5.74, 6) is -0.414. The second-order valence-electron chi connectivity index (χ2n) is 6.04. The summed E-state index contributed by atoms with van der Waals surface area (Å²) < 4.78 is 18.4. The van der Waals surface area contributed by atoms with Crippen molar-refractivity contribution >= 4 is 17.5 Å². The fourth-order valence-corrected chi connectivity index (χ4v) is 2.87. The van der Waals surface area contributed by atoms with E-state index in [2.05, 4.69) is 25.2 Å². The number of ether oxygens (including phenoxy) is 1. The first-order chi connectivity index (χ1) is 12.5. The van der Waals surface area contributed by atoms with E-state index in [0.717, 1.165) is 31.3 Å². The molecule has 6 heteroatoms. The van der Waals surface area contributed by atoms with Crippen LogP contribution in [-0.2, 0) is 17.9 Å². The highest BCUT2D eigenvalue weighted by molar-refractivity contribution is 6.32. The third-order valence-electron chi connectivity index (χ3n) is 4.29. The van der Waals surface area contributed by atoms with Gasteiger partial charge in [0.25, 0.3) is 5.91 Å². The molecule has 0 unspecified atom stereocenters. The number of quaternary nitrogens is 1. The van der Waals surface area contributed by atoms with E-state index < -0.39 is 5.82 Å². The summed E-state index contributed by atoms with van der Waals surface area (Å²) in [5, 5.41) is 3.00. The minimum atomic E-state index is -0.446. The number of rotatable bonds is 9. The molecule has 0 spiro atoms. The Bertz CT molecular complexity index is 736. The molecule has 2 aromatic rings. The van der Waals surface area contributed by atoms with Crippen LogP contribution in [0.3, 0.4) is 0 Å². The third-order valence-corrected chi connectivity index (χ3v) is 4.58. The number of nitrogens with one attached hydrogen (secondary N) is 2. The van der Waals surface area contributed by atoms with Crippen molar-refractivity contribution in [3.63, 3.8) is 0 Å². The zero-order valence-corrected chi connectivity index (χ0v) is 15.9. The van der Waals surface area contributed by atoms with Crippen molar-refractivity contribution in [2.45, 2.75) is 26.9 Å². The highest BCUT2D eigenvalue weighted by Gasteiger charge is 2.11. The number of amides is 1. The summed E-state index contributed by atoms with van der Waals surface area (Å²) >= 11 is 5.88. The summed E-state index contributed by atoms with van der Waals surface area (Å²) in [6.45, 7) is 7.65.